The van der Waals surface area contributed by atoms with Crippen molar-refractivity contribution in [3.8, 4) is 0 Å². The summed E-state index contributed by atoms with van der Waals surface area (Å²) in [7, 11) is 3.05. The van der Waals surface area contributed by atoms with Crippen molar-refractivity contribution < 1.29 is 23.7 Å². The summed E-state index contributed by atoms with van der Waals surface area (Å²) in [5.41, 5.74) is 0.805. The maximum atomic E-state index is 13.1. The number of carbonyl (C=O) groups excluding carboxylic acids is 3. The number of ether oxygens (including phenoxy) is 1. The van der Waals surface area contributed by atoms with Gasteiger partial charge in [-0.1, -0.05) is 6.92 Å². The molecule has 0 aromatic rings. The van der Waals surface area contributed by atoms with Crippen molar-refractivity contribution in [2.75, 3.05) is 20.7 Å². The van der Waals surface area contributed by atoms with E-state index in [1.165, 1.54) is 11.7 Å². The molecule has 2 heterocycles. The van der Waals surface area contributed by atoms with Crippen LogP contribution in [0, 0.1) is 5.92 Å². The van der Waals surface area contributed by atoms with E-state index in [1.807, 2.05) is 34.6 Å². The lowest BCUT2D eigenvalue weighted by Crippen LogP contribution is -2.58. The van der Waals surface area contributed by atoms with Crippen molar-refractivity contribution in [1.29, 1.82) is 0 Å². The molecule has 0 saturated heterocycles. The number of amides is 4. The maximum absolute atomic E-state index is 13.1. The summed E-state index contributed by atoms with van der Waals surface area (Å²) >= 11 is 0. The van der Waals surface area contributed by atoms with Gasteiger partial charge in [-0.25, -0.2) is 4.79 Å². The zero-order valence-electron chi connectivity index (χ0n) is 17.1. The van der Waals surface area contributed by atoms with Gasteiger partial charge in [-0.2, -0.15) is 9.48 Å². The van der Waals surface area contributed by atoms with Crippen LogP contribution in [0.1, 0.15) is 41.0 Å². The number of imide groups is 1. The number of carbonyl (C=O) groups is 3. The molecule has 0 aliphatic carbocycles. The highest BCUT2D eigenvalue weighted by atomic mass is 16.5. The molecule has 8 nitrogen and oxygen atoms in total. The number of nitrogens with zero attached hydrogens (tertiary/aromatic N) is 4. The molecule has 27 heavy (non-hydrogen) atoms. The highest BCUT2D eigenvalue weighted by Gasteiger charge is 2.51. The van der Waals surface area contributed by atoms with Crippen LogP contribution in [0.2, 0.25) is 0 Å². The van der Waals surface area contributed by atoms with Gasteiger partial charge in [-0.15, -0.1) is 4.99 Å². The molecule has 0 aromatic carbocycles. The Labute approximate surface area is 160 Å². The fourth-order valence-electron chi connectivity index (χ4n) is 3.67. The van der Waals surface area contributed by atoms with Crippen LogP contribution in [0.15, 0.2) is 16.3 Å². The number of hydrogen-bond acceptors (Lipinski definition) is 5. The van der Waals surface area contributed by atoms with E-state index in [0.29, 0.717) is 18.0 Å². The molecule has 148 valence electrons. The number of amidine groups is 1. The summed E-state index contributed by atoms with van der Waals surface area (Å²) in [6.45, 7) is 9.27. The van der Waals surface area contributed by atoms with Crippen LogP contribution in [-0.2, 0) is 14.3 Å². The lowest BCUT2D eigenvalue weighted by Gasteiger charge is -2.33. The summed E-state index contributed by atoms with van der Waals surface area (Å²) in [5, 5.41) is 0. The highest BCUT2D eigenvalue weighted by Crippen LogP contribution is 2.28. The lowest BCUT2D eigenvalue weighted by atomic mass is 9.94. The van der Waals surface area contributed by atoms with Gasteiger partial charge in [-0.3, -0.25) is 9.59 Å². The van der Waals surface area contributed by atoms with E-state index in [0.717, 1.165) is 10.5 Å². The van der Waals surface area contributed by atoms with Crippen LogP contribution >= 0.6 is 0 Å². The topological polar surface area (TPSA) is 82.3 Å². The third-order valence-electron chi connectivity index (χ3n) is 4.86. The van der Waals surface area contributed by atoms with Gasteiger partial charge in [-0.05, 0) is 34.1 Å². The summed E-state index contributed by atoms with van der Waals surface area (Å²) in [6, 6.07) is -0.625. The second-order valence-electron chi connectivity index (χ2n) is 7.25. The Bertz CT molecular complexity index is 741. The predicted octanol–water partition coefficient (Wildman–Crippen LogP) is 1.65. The fraction of sp³-hybridized carbons (Fsp3) is 0.632. The molecular formula is C19H29N4O4+. The van der Waals surface area contributed by atoms with Crippen molar-refractivity contribution in [1.82, 2.24) is 9.80 Å². The Balaban J connectivity index is 2.42. The van der Waals surface area contributed by atoms with Crippen molar-refractivity contribution in [2.45, 2.75) is 53.1 Å². The Morgan fingerprint density at radius 2 is 1.89 bits per heavy atom. The Hall–Kier alpha value is -2.51. The number of rotatable bonds is 6. The lowest BCUT2D eigenvalue weighted by molar-refractivity contribution is -0.408. The van der Waals surface area contributed by atoms with E-state index in [-0.39, 0.29) is 24.5 Å². The minimum Gasteiger partial charge on any atom is -0.499 e. The van der Waals surface area contributed by atoms with E-state index in [1.54, 1.807) is 18.2 Å². The van der Waals surface area contributed by atoms with Crippen LogP contribution in [0.5, 0.6) is 0 Å². The minimum atomic E-state index is -0.808. The first kappa shape index (κ1) is 20.8. The van der Waals surface area contributed by atoms with Gasteiger partial charge in [0.05, 0.1) is 14.2 Å². The van der Waals surface area contributed by atoms with Crippen molar-refractivity contribution >= 4 is 29.9 Å². The summed E-state index contributed by atoms with van der Waals surface area (Å²) in [5.74, 6) is -0.747. The molecule has 1 unspecified atom stereocenters. The molecule has 2 aliphatic rings. The molecule has 0 aromatic heterocycles. The summed E-state index contributed by atoms with van der Waals surface area (Å²) in [4.78, 5) is 45.7. The second-order valence-corrected chi connectivity index (χ2v) is 7.25. The van der Waals surface area contributed by atoms with Crippen molar-refractivity contribution in [2.24, 2.45) is 10.9 Å². The number of hydrogen-bond donors (Lipinski definition) is 0. The van der Waals surface area contributed by atoms with E-state index in [2.05, 4.69) is 4.99 Å². The standard InChI is InChI=1S/C19H29N4O4/c1-8-13-9-20-17-15(16(13)27-7)18(25)22(19(26)21(17)6)10-14(24)23(11(2)3)12(4)5/h9,11-12,15H,8,10H2,1-7H3/q+1. The van der Waals surface area contributed by atoms with Gasteiger partial charge >= 0.3 is 11.9 Å². The monoisotopic (exact) mass is 377 g/mol. The van der Waals surface area contributed by atoms with Gasteiger partial charge < -0.3 is 9.64 Å². The third-order valence-corrected chi connectivity index (χ3v) is 4.86. The van der Waals surface area contributed by atoms with Crippen LogP contribution in [0.3, 0.4) is 0 Å². The molecular weight excluding hydrogens is 348 g/mol. The average Bonchev–Trinajstić information content (AvgIpc) is 2.61. The summed E-state index contributed by atoms with van der Waals surface area (Å²) < 4.78 is 6.80. The molecule has 1 atom stereocenters. The van der Waals surface area contributed by atoms with Crippen LogP contribution in [-0.4, -0.2) is 77.1 Å². The normalized spacial score (nSPS) is 20.0. The van der Waals surface area contributed by atoms with Crippen LogP contribution in [0.25, 0.3) is 0 Å². The molecule has 0 N–H and O–H groups in total. The average molecular weight is 377 g/mol. The molecule has 0 saturated carbocycles. The van der Waals surface area contributed by atoms with Gasteiger partial charge in [0, 0.05) is 17.7 Å². The number of fused-ring (bicyclic) bond motifs is 1. The molecule has 8 heteroatoms. The zero-order chi connectivity index (χ0) is 20.5. The minimum absolute atomic E-state index is 0.0345. The SMILES string of the molecule is CCC1=C(OC)C2C(=O)N(CC(=O)N(C(C)C)C(C)C)C(=O)[N+](C)=C2N=C1. The molecule has 2 aliphatic heterocycles. The van der Waals surface area contributed by atoms with E-state index >= 15 is 0 Å². The van der Waals surface area contributed by atoms with E-state index < -0.39 is 17.9 Å². The maximum Gasteiger partial charge on any atom is 0.446 e. The molecule has 0 bridgehead atoms. The molecule has 2 rings (SSSR count). The molecule has 4 amide bonds. The van der Waals surface area contributed by atoms with Crippen LogP contribution in [0.4, 0.5) is 4.79 Å². The quantitative estimate of drug-likeness (QED) is 0.659. The predicted molar refractivity (Wildman–Crippen MR) is 102 cm³/mol. The number of methoxy groups -OCH3 is 1. The fourth-order valence-corrected chi connectivity index (χ4v) is 3.67. The number of allylic oxidation sites excluding steroid dienone is 1. The second kappa shape index (κ2) is 8.02. The van der Waals surface area contributed by atoms with Crippen molar-refractivity contribution in [3.05, 3.63) is 11.3 Å². The van der Waals surface area contributed by atoms with Gasteiger partial charge in [0.25, 0.3) is 11.7 Å². The van der Waals surface area contributed by atoms with E-state index in [4.69, 9.17) is 4.74 Å². The van der Waals surface area contributed by atoms with Gasteiger partial charge in [0.2, 0.25) is 0 Å². The number of aliphatic imine (C=N–C) groups is 1. The van der Waals surface area contributed by atoms with Crippen molar-refractivity contribution in [3.63, 3.8) is 0 Å². The smallest absolute Gasteiger partial charge is 0.446 e. The molecule has 0 radical (unpaired) electrons. The van der Waals surface area contributed by atoms with Gasteiger partial charge in [0.15, 0.2) is 12.5 Å². The first-order chi connectivity index (χ1) is 12.6. The molecule has 0 spiro atoms. The first-order valence-corrected chi connectivity index (χ1v) is 9.23. The molecule has 0 fully saturated rings. The Kier molecular flexibility index (Phi) is 6.18. The Morgan fingerprint density at radius 3 is 2.37 bits per heavy atom. The van der Waals surface area contributed by atoms with Gasteiger partial charge in [0.1, 0.15) is 12.0 Å². The van der Waals surface area contributed by atoms with E-state index in [9.17, 15) is 14.4 Å². The van der Waals surface area contributed by atoms with Crippen LogP contribution < -0.4 is 0 Å². The zero-order valence-corrected chi connectivity index (χ0v) is 17.1. The Morgan fingerprint density at radius 1 is 1.30 bits per heavy atom. The summed E-state index contributed by atoms with van der Waals surface area (Å²) in [6.07, 6.45) is 2.27. The highest BCUT2D eigenvalue weighted by molar-refractivity contribution is 6.16. The largest absolute Gasteiger partial charge is 0.499 e. The third kappa shape index (κ3) is 3.65. The first-order valence-electron chi connectivity index (χ1n) is 9.23. The number of dihydropyridines is 1. The number of urea groups is 1.